The highest BCUT2D eigenvalue weighted by Gasteiger charge is 2.26. The van der Waals surface area contributed by atoms with Gasteiger partial charge in [-0.1, -0.05) is 11.8 Å². The fourth-order valence-corrected chi connectivity index (χ4v) is 4.20. The average molecular weight is 327 g/mol. The molecule has 0 radical (unpaired) electrons. The molecule has 1 fully saturated rings. The molecule has 114 valence electrons. The minimum absolute atomic E-state index is 0.0193. The van der Waals surface area contributed by atoms with Crippen LogP contribution >= 0.6 is 11.3 Å². The summed E-state index contributed by atoms with van der Waals surface area (Å²) in [7, 11) is -2.99. The Labute approximate surface area is 128 Å². The molecule has 0 unspecified atom stereocenters. The minimum Gasteiger partial charge on any atom is -0.395 e. The lowest BCUT2D eigenvalue weighted by molar-refractivity contribution is 0.0775. The number of aliphatic hydroxyl groups excluding tert-OH is 1. The molecule has 2 rings (SSSR count). The van der Waals surface area contributed by atoms with Gasteiger partial charge in [-0.15, -0.1) is 11.3 Å². The first-order chi connectivity index (χ1) is 9.93. The summed E-state index contributed by atoms with van der Waals surface area (Å²) in [4.78, 5) is 15.3. The van der Waals surface area contributed by atoms with Gasteiger partial charge in [-0.3, -0.25) is 4.79 Å². The van der Waals surface area contributed by atoms with Gasteiger partial charge in [-0.05, 0) is 18.6 Å². The Bertz CT molecular complexity index is 680. The lowest BCUT2D eigenvalue weighted by atomic mass is 10.2. The quantitative estimate of drug-likeness (QED) is 0.810. The number of aryl methyl sites for hydroxylation is 1. The maximum Gasteiger partial charge on any atom is 0.264 e. The number of hydrogen-bond acceptors (Lipinski definition) is 5. The van der Waals surface area contributed by atoms with Crippen LogP contribution in [-0.4, -0.2) is 55.5 Å². The van der Waals surface area contributed by atoms with Crippen LogP contribution in [0.15, 0.2) is 6.07 Å². The highest BCUT2D eigenvalue weighted by atomic mass is 32.2. The van der Waals surface area contributed by atoms with E-state index in [0.29, 0.717) is 11.3 Å². The van der Waals surface area contributed by atoms with Crippen molar-refractivity contribution in [3.63, 3.8) is 0 Å². The van der Waals surface area contributed by atoms with Crippen molar-refractivity contribution in [2.75, 3.05) is 31.2 Å². The van der Waals surface area contributed by atoms with Gasteiger partial charge in [0.15, 0.2) is 9.84 Å². The smallest absolute Gasteiger partial charge is 0.264 e. The van der Waals surface area contributed by atoms with Crippen LogP contribution in [0.4, 0.5) is 0 Å². The van der Waals surface area contributed by atoms with E-state index >= 15 is 0 Å². The highest BCUT2D eigenvalue weighted by Crippen LogP contribution is 2.23. The number of sulfone groups is 1. The summed E-state index contributed by atoms with van der Waals surface area (Å²) in [6.45, 7) is 2.41. The molecule has 0 atom stereocenters. The Morgan fingerprint density at radius 2 is 2.10 bits per heavy atom. The van der Waals surface area contributed by atoms with E-state index in [0.717, 1.165) is 10.4 Å². The van der Waals surface area contributed by atoms with Crippen LogP contribution < -0.4 is 0 Å². The van der Waals surface area contributed by atoms with Crippen LogP contribution in [0.2, 0.25) is 0 Å². The van der Waals surface area contributed by atoms with Gasteiger partial charge in [-0.25, -0.2) is 8.42 Å². The number of hydrogen-bond donors (Lipinski definition) is 1. The molecule has 0 aromatic carbocycles. The van der Waals surface area contributed by atoms with Crippen molar-refractivity contribution in [2.45, 2.75) is 13.3 Å². The third kappa shape index (κ3) is 4.06. The van der Waals surface area contributed by atoms with Crippen LogP contribution in [0.25, 0.3) is 0 Å². The van der Waals surface area contributed by atoms with Crippen LogP contribution in [-0.2, 0) is 9.84 Å². The van der Waals surface area contributed by atoms with Gasteiger partial charge in [0.1, 0.15) is 0 Å². The Morgan fingerprint density at radius 1 is 1.43 bits per heavy atom. The summed E-state index contributed by atoms with van der Waals surface area (Å²) in [5.41, 5.74) is 0.929. The first kappa shape index (κ1) is 16.0. The second-order valence-electron chi connectivity index (χ2n) is 4.84. The predicted octanol–water partition coefficient (Wildman–Crippen LogP) is 0.661. The zero-order valence-electron chi connectivity index (χ0n) is 11.8. The highest BCUT2D eigenvalue weighted by molar-refractivity contribution is 7.91. The topological polar surface area (TPSA) is 74.7 Å². The van der Waals surface area contributed by atoms with Crippen LogP contribution in [0.5, 0.6) is 0 Å². The summed E-state index contributed by atoms with van der Waals surface area (Å²) in [5.74, 6) is 5.72. The van der Waals surface area contributed by atoms with E-state index in [-0.39, 0.29) is 37.1 Å². The average Bonchev–Trinajstić information content (AvgIpc) is 2.80. The second kappa shape index (κ2) is 6.60. The molecule has 0 spiro atoms. The number of rotatable bonds is 2. The molecule has 1 saturated heterocycles. The molecular formula is C14H17NO4S2. The maximum absolute atomic E-state index is 12.4. The lowest BCUT2D eigenvalue weighted by Gasteiger charge is -2.26. The van der Waals surface area contributed by atoms with E-state index in [2.05, 4.69) is 11.8 Å². The van der Waals surface area contributed by atoms with Gasteiger partial charge in [0.25, 0.3) is 5.91 Å². The van der Waals surface area contributed by atoms with E-state index in [9.17, 15) is 13.2 Å². The number of carbonyl (C=O) groups excluding carboxylic acids is 1. The lowest BCUT2D eigenvalue weighted by Crippen LogP contribution is -2.43. The summed E-state index contributed by atoms with van der Waals surface area (Å²) in [6, 6.07) is 1.79. The first-order valence-corrected chi connectivity index (χ1v) is 9.26. The van der Waals surface area contributed by atoms with Crippen molar-refractivity contribution in [3.8, 4) is 11.8 Å². The molecule has 7 heteroatoms. The Balaban J connectivity index is 2.11. The van der Waals surface area contributed by atoms with E-state index in [1.807, 2.05) is 6.92 Å². The van der Waals surface area contributed by atoms with Gasteiger partial charge < -0.3 is 10.0 Å². The zero-order chi connectivity index (χ0) is 15.5. The molecule has 1 aliphatic rings. The minimum atomic E-state index is -2.99. The summed E-state index contributed by atoms with van der Waals surface area (Å²) in [5, 5.41) is 8.71. The van der Waals surface area contributed by atoms with E-state index in [1.54, 1.807) is 11.0 Å². The van der Waals surface area contributed by atoms with Gasteiger partial charge in [0, 0.05) is 19.5 Å². The summed E-state index contributed by atoms with van der Waals surface area (Å²) < 4.78 is 22.8. The van der Waals surface area contributed by atoms with Gasteiger partial charge in [0.2, 0.25) is 0 Å². The molecule has 21 heavy (non-hydrogen) atoms. The van der Waals surface area contributed by atoms with Crippen LogP contribution in [0, 0.1) is 18.8 Å². The van der Waals surface area contributed by atoms with Crippen molar-refractivity contribution >= 4 is 27.1 Å². The largest absolute Gasteiger partial charge is 0.395 e. The monoisotopic (exact) mass is 327 g/mol. The Kier molecular flexibility index (Phi) is 5.04. The maximum atomic E-state index is 12.4. The normalized spacial score (nSPS) is 17.1. The predicted molar refractivity (Wildman–Crippen MR) is 82.2 cm³/mol. The Morgan fingerprint density at radius 3 is 2.71 bits per heavy atom. The second-order valence-corrected chi connectivity index (χ2v) is 8.20. The fraction of sp³-hybridized carbons (Fsp3) is 0.500. The summed E-state index contributed by atoms with van der Waals surface area (Å²) in [6.07, 6.45) is 0.407. The third-order valence-electron chi connectivity index (χ3n) is 3.20. The molecule has 0 saturated carbocycles. The number of nitrogens with zero attached hydrogens (tertiary/aromatic N) is 1. The number of thiophene rings is 1. The van der Waals surface area contributed by atoms with Crippen molar-refractivity contribution in [1.29, 1.82) is 0 Å². The van der Waals surface area contributed by atoms with Gasteiger partial charge in [0.05, 0.1) is 27.9 Å². The molecule has 1 aliphatic heterocycles. The van der Waals surface area contributed by atoms with E-state index < -0.39 is 9.84 Å². The SMILES string of the molecule is Cc1cc(C(=O)N2CCS(=O)(=O)CC2)sc1C#CCCO. The molecule has 0 bridgehead atoms. The van der Waals surface area contributed by atoms with Crippen LogP contribution in [0.3, 0.4) is 0 Å². The molecule has 5 nitrogen and oxygen atoms in total. The zero-order valence-corrected chi connectivity index (χ0v) is 13.4. The van der Waals surface area contributed by atoms with E-state index in [1.165, 1.54) is 11.3 Å². The molecule has 1 aromatic rings. The molecule has 1 aromatic heterocycles. The molecular weight excluding hydrogens is 310 g/mol. The molecule has 2 heterocycles. The first-order valence-electron chi connectivity index (χ1n) is 6.63. The van der Waals surface area contributed by atoms with Crippen molar-refractivity contribution in [1.82, 2.24) is 4.90 Å². The fourth-order valence-electron chi connectivity index (χ4n) is 1.98. The van der Waals surface area contributed by atoms with Gasteiger partial charge in [-0.2, -0.15) is 0 Å². The van der Waals surface area contributed by atoms with Crippen molar-refractivity contribution in [2.24, 2.45) is 0 Å². The third-order valence-corrected chi connectivity index (χ3v) is 5.95. The summed E-state index contributed by atoms with van der Waals surface area (Å²) >= 11 is 1.32. The molecule has 0 aliphatic carbocycles. The van der Waals surface area contributed by atoms with Gasteiger partial charge >= 0.3 is 0 Å². The number of carbonyl (C=O) groups is 1. The van der Waals surface area contributed by atoms with Crippen molar-refractivity contribution < 1.29 is 18.3 Å². The molecule has 1 N–H and O–H groups in total. The molecule has 1 amide bonds. The Hall–Kier alpha value is -1.36. The number of aliphatic hydroxyl groups is 1. The van der Waals surface area contributed by atoms with Crippen LogP contribution in [0.1, 0.15) is 26.5 Å². The van der Waals surface area contributed by atoms with Crippen molar-refractivity contribution in [3.05, 3.63) is 21.4 Å². The standard InChI is InChI=1S/C14H17NO4S2/c1-11-10-13(20-12(11)4-2-3-7-16)14(17)15-5-8-21(18,19)9-6-15/h10,16H,3,5-9H2,1H3. The van der Waals surface area contributed by atoms with E-state index in [4.69, 9.17) is 5.11 Å². The number of amides is 1.